The summed E-state index contributed by atoms with van der Waals surface area (Å²) in [6, 6.07) is 8.62. The smallest absolute Gasteiger partial charge is 0.877 e. The van der Waals surface area contributed by atoms with Gasteiger partial charge in [-0.25, -0.2) is 4.79 Å². The molecule has 0 saturated carbocycles. The molecule has 1 aliphatic rings. The molecule has 1 aromatic carbocycles. The molecule has 1 aromatic rings. The van der Waals surface area contributed by atoms with Crippen LogP contribution in [0.5, 0.6) is 0 Å². The van der Waals surface area contributed by atoms with Gasteiger partial charge in [-0.3, -0.25) is 4.79 Å². The summed E-state index contributed by atoms with van der Waals surface area (Å²) >= 11 is 0. The van der Waals surface area contributed by atoms with Gasteiger partial charge in [-0.05, 0) is 6.92 Å². The van der Waals surface area contributed by atoms with E-state index in [4.69, 9.17) is 4.74 Å². The van der Waals surface area contributed by atoms with Crippen molar-refractivity contribution in [2.75, 3.05) is 0 Å². The molecule has 0 bridgehead atoms. The van der Waals surface area contributed by atoms with Crippen molar-refractivity contribution < 1.29 is 70.8 Å². The van der Waals surface area contributed by atoms with Crippen LogP contribution in [0.4, 0.5) is 0 Å². The van der Waals surface area contributed by atoms with Gasteiger partial charge in [0.25, 0.3) is 0 Å². The minimum absolute atomic E-state index is 0. The zero-order valence-electron chi connectivity index (χ0n) is 9.60. The monoisotopic (exact) mass is 256 g/mol. The SMILES string of the molecule is CC1(c2ccccc2)OC(=O)/C(=C\[O-])C1=O.[K+]. The van der Waals surface area contributed by atoms with Crippen LogP contribution in [0.2, 0.25) is 0 Å². The van der Waals surface area contributed by atoms with E-state index < -0.39 is 22.9 Å². The molecule has 5 heteroatoms. The normalized spacial score (nSPS) is 25.6. The van der Waals surface area contributed by atoms with Crippen LogP contribution in [0.25, 0.3) is 0 Å². The Labute approximate surface area is 141 Å². The number of Topliss-reactive ketones (excluding diaryl/α,β-unsaturated/α-hetero) is 1. The average molecular weight is 256 g/mol. The zero-order valence-corrected chi connectivity index (χ0v) is 12.7. The number of carbonyl (C=O) groups is 2. The maximum absolute atomic E-state index is 11.9. The van der Waals surface area contributed by atoms with Gasteiger partial charge in [-0.15, -0.1) is 6.26 Å². The quantitative estimate of drug-likeness (QED) is 0.180. The van der Waals surface area contributed by atoms with E-state index >= 15 is 0 Å². The Morgan fingerprint density at radius 1 is 1.24 bits per heavy atom. The Hall–Kier alpha value is -0.464. The molecule has 0 radical (unpaired) electrons. The molecule has 0 N–H and O–H groups in total. The molecule has 4 nitrogen and oxygen atoms in total. The molecule has 1 atom stereocenters. The minimum atomic E-state index is -1.37. The zero-order chi connectivity index (χ0) is 11.8. The van der Waals surface area contributed by atoms with E-state index in [0.717, 1.165) is 0 Å². The molecule has 1 saturated heterocycles. The largest absolute Gasteiger partial charge is 1.00 e. The first-order valence-electron chi connectivity index (χ1n) is 4.75. The van der Waals surface area contributed by atoms with E-state index in [1.165, 1.54) is 6.92 Å². The van der Waals surface area contributed by atoms with Crippen LogP contribution in [0.3, 0.4) is 0 Å². The van der Waals surface area contributed by atoms with Gasteiger partial charge in [0, 0.05) is 5.56 Å². The first kappa shape index (κ1) is 14.6. The molecule has 0 amide bonds. The van der Waals surface area contributed by atoms with E-state index in [1.54, 1.807) is 30.3 Å². The topological polar surface area (TPSA) is 66.4 Å². The molecule has 0 aliphatic carbocycles. The third kappa shape index (κ3) is 2.39. The molecule has 17 heavy (non-hydrogen) atoms. The molecular formula is C12H9KO4. The van der Waals surface area contributed by atoms with Crippen LogP contribution >= 0.6 is 0 Å². The van der Waals surface area contributed by atoms with E-state index in [2.05, 4.69) is 0 Å². The fourth-order valence-corrected chi connectivity index (χ4v) is 1.68. The second-order valence-corrected chi connectivity index (χ2v) is 3.65. The van der Waals surface area contributed by atoms with Crippen molar-refractivity contribution in [2.45, 2.75) is 12.5 Å². The summed E-state index contributed by atoms with van der Waals surface area (Å²) in [5.74, 6) is -1.44. The maximum atomic E-state index is 11.9. The number of ether oxygens (including phenoxy) is 1. The van der Waals surface area contributed by atoms with Gasteiger partial charge in [0.2, 0.25) is 5.78 Å². The fraction of sp³-hybridized carbons (Fsp3) is 0.167. The Kier molecular flexibility index (Phi) is 4.68. The Bertz CT molecular complexity index is 481. The van der Waals surface area contributed by atoms with Gasteiger partial charge >= 0.3 is 57.4 Å². The standard InChI is InChI=1S/C12H10O4.K/c1-12(8-5-3-2-4-6-8)10(14)9(7-13)11(15)16-12;/h2-7,13H,1H3;/q;+1/p-1/b9-7-;. The number of rotatable bonds is 1. The van der Waals surface area contributed by atoms with Gasteiger partial charge in [-0.1, -0.05) is 30.3 Å². The van der Waals surface area contributed by atoms with Crippen molar-refractivity contribution >= 4 is 11.8 Å². The van der Waals surface area contributed by atoms with Crippen LogP contribution in [0, 0.1) is 0 Å². The number of esters is 1. The Morgan fingerprint density at radius 3 is 2.29 bits per heavy atom. The number of benzene rings is 1. The van der Waals surface area contributed by atoms with Crippen molar-refractivity contribution in [3.05, 3.63) is 47.7 Å². The predicted molar refractivity (Wildman–Crippen MR) is 53.0 cm³/mol. The van der Waals surface area contributed by atoms with Crippen LogP contribution < -0.4 is 56.5 Å². The fourth-order valence-electron chi connectivity index (χ4n) is 1.68. The van der Waals surface area contributed by atoms with E-state index in [0.29, 0.717) is 5.56 Å². The summed E-state index contributed by atoms with van der Waals surface area (Å²) in [6.07, 6.45) is 0.249. The van der Waals surface area contributed by atoms with Crippen molar-refractivity contribution in [2.24, 2.45) is 0 Å². The second-order valence-electron chi connectivity index (χ2n) is 3.65. The van der Waals surface area contributed by atoms with Gasteiger partial charge in [0.05, 0.1) is 5.57 Å². The van der Waals surface area contributed by atoms with Crippen molar-refractivity contribution in [3.8, 4) is 0 Å². The number of carbonyl (C=O) groups excluding carboxylic acids is 2. The van der Waals surface area contributed by atoms with E-state index in [-0.39, 0.29) is 57.6 Å². The number of hydrogen-bond donors (Lipinski definition) is 0. The average Bonchev–Trinajstić information content (AvgIpc) is 2.52. The molecular weight excluding hydrogens is 247 g/mol. The van der Waals surface area contributed by atoms with Gasteiger partial charge in [0.1, 0.15) is 0 Å². The molecule has 2 rings (SSSR count). The predicted octanol–water partition coefficient (Wildman–Crippen LogP) is -2.72. The second kappa shape index (κ2) is 5.45. The van der Waals surface area contributed by atoms with Crippen molar-refractivity contribution in [1.82, 2.24) is 0 Å². The summed E-state index contributed by atoms with van der Waals surface area (Å²) in [5, 5.41) is 10.6. The Morgan fingerprint density at radius 2 is 1.82 bits per heavy atom. The summed E-state index contributed by atoms with van der Waals surface area (Å²) in [7, 11) is 0. The summed E-state index contributed by atoms with van der Waals surface area (Å²) in [6.45, 7) is 1.49. The van der Waals surface area contributed by atoms with Gasteiger partial charge in [0.15, 0.2) is 5.60 Å². The molecule has 1 unspecified atom stereocenters. The molecule has 0 spiro atoms. The molecule has 1 heterocycles. The molecule has 1 aliphatic heterocycles. The first-order chi connectivity index (χ1) is 7.59. The van der Waals surface area contributed by atoms with Gasteiger partial charge < -0.3 is 9.84 Å². The third-order valence-electron chi connectivity index (χ3n) is 2.64. The molecule has 0 aromatic heterocycles. The summed E-state index contributed by atoms with van der Waals surface area (Å²) in [4.78, 5) is 23.1. The van der Waals surface area contributed by atoms with Crippen LogP contribution in [0.15, 0.2) is 42.2 Å². The number of cyclic esters (lactones) is 1. The third-order valence-corrected chi connectivity index (χ3v) is 2.64. The van der Waals surface area contributed by atoms with Gasteiger partial charge in [-0.2, -0.15) is 0 Å². The van der Waals surface area contributed by atoms with E-state index in [9.17, 15) is 14.7 Å². The number of hydrogen-bond acceptors (Lipinski definition) is 4. The summed E-state index contributed by atoms with van der Waals surface area (Å²) in [5.41, 5.74) is -1.23. The minimum Gasteiger partial charge on any atom is -0.877 e. The van der Waals surface area contributed by atoms with Crippen LogP contribution in [-0.4, -0.2) is 11.8 Å². The van der Waals surface area contributed by atoms with Crippen molar-refractivity contribution in [3.63, 3.8) is 0 Å². The molecule has 1 fully saturated rings. The first-order valence-corrected chi connectivity index (χ1v) is 4.75. The maximum Gasteiger partial charge on any atom is 1.00 e. The van der Waals surface area contributed by atoms with Crippen molar-refractivity contribution in [1.29, 1.82) is 0 Å². The molecule has 82 valence electrons. The van der Waals surface area contributed by atoms with Crippen LogP contribution in [-0.2, 0) is 19.9 Å². The Balaban J connectivity index is 0.00000144. The number of ketones is 1. The van der Waals surface area contributed by atoms with E-state index in [1.807, 2.05) is 0 Å². The summed E-state index contributed by atoms with van der Waals surface area (Å²) < 4.78 is 4.99. The van der Waals surface area contributed by atoms with Crippen LogP contribution in [0.1, 0.15) is 12.5 Å².